The van der Waals surface area contributed by atoms with Crippen LogP contribution < -0.4 is 20.9 Å². The molecular weight excluding hydrogens is 708 g/mol. The van der Waals surface area contributed by atoms with Crippen LogP contribution >= 0.6 is 46.4 Å². The normalized spacial score (nSPS) is 10.9. The number of nitrogens with one attached hydrogen (secondary N) is 1. The van der Waals surface area contributed by atoms with Crippen molar-refractivity contribution in [3.63, 3.8) is 0 Å². The van der Waals surface area contributed by atoms with E-state index in [1.807, 2.05) is 0 Å². The Bertz CT molecular complexity index is 1740. The van der Waals surface area contributed by atoms with E-state index in [9.17, 15) is 31.1 Å². The summed E-state index contributed by atoms with van der Waals surface area (Å²) in [5, 5.41) is 1.74. The number of aromatic nitrogens is 2. The fraction of sp³-hybridized carbons (Fsp3) is 0.103. The summed E-state index contributed by atoms with van der Waals surface area (Å²) in [7, 11) is 0. The lowest BCUT2D eigenvalue weighted by molar-refractivity contribution is -0.275. The highest BCUT2D eigenvalue weighted by Crippen LogP contribution is 2.31. The number of imidazole rings is 1. The number of nitrogen functional groups attached to an aromatic ring is 2. The van der Waals surface area contributed by atoms with Crippen LogP contribution in [-0.2, 0) is 0 Å². The molecule has 0 saturated carbocycles. The van der Waals surface area contributed by atoms with E-state index in [-0.39, 0.29) is 18.9 Å². The maximum Gasteiger partial charge on any atom is 0.573 e. The Morgan fingerprint density at radius 2 is 1.20 bits per heavy atom. The number of hydrogen-bond acceptors (Lipinski definition) is 6. The SMILES string of the molecule is C.FC(F)(F)Oc1ccc(-c2nc3c(Cl)cc(Cl)cc3[nH]2)cc1.Nc1cc(Cl)cc(Cl)c1N.O=Cc1ccc(OC(F)(F)F)cc1. The molecule has 0 amide bonds. The van der Waals surface area contributed by atoms with Gasteiger partial charge in [-0.05, 0) is 72.8 Å². The van der Waals surface area contributed by atoms with Gasteiger partial charge in [0.2, 0.25) is 0 Å². The number of benzene rings is 4. The number of hydrogen-bond donors (Lipinski definition) is 3. The minimum absolute atomic E-state index is 0. The molecule has 46 heavy (non-hydrogen) atoms. The van der Waals surface area contributed by atoms with Crippen molar-refractivity contribution in [1.82, 2.24) is 9.97 Å². The number of nitrogens with two attached hydrogens (primary N) is 2. The Hall–Kier alpha value is -4.04. The quantitative estimate of drug-likeness (QED) is 0.0963. The predicted molar refractivity (Wildman–Crippen MR) is 169 cm³/mol. The highest BCUT2D eigenvalue weighted by atomic mass is 35.5. The van der Waals surface area contributed by atoms with Crippen LogP contribution in [0.1, 0.15) is 17.8 Å². The van der Waals surface area contributed by atoms with Crippen molar-refractivity contribution in [1.29, 1.82) is 0 Å². The monoisotopic (exact) mass is 728 g/mol. The molecule has 7 nitrogen and oxygen atoms in total. The first-order chi connectivity index (χ1) is 20.9. The number of nitrogens with zero attached hydrogens (tertiary/aromatic N) is 1. The summed E-state index contributed by atoms with van der Waals surface area (Å²) < 4.78 is 78.7. The van der Waals surface area contributed by atoms with Gasteiger partial charge in [-0.3, -0.25) is 4.79 Å². The molecule has 0 fully saturated rings. The van der Waals surface area contributed by atoms with Crippen molar-refractivity contribution >= 4 is 75.1 Å². The number of anilines is 2. The molecule has 5 aromatic rings. The Balaban J connectivity index is 0.000000262. The van der Waals surface area contributed by atoms with Gasteiger partial charge in [0.25, 0.3) is 0 Å². The second-order valence-electron chi connectivity index (χ2n) is 8.57. The van der Waals surface area contributed by atoms with Crippen LogP contribution in [0.5, 0.6) is 11.5 Å². The largest absolute Gasteiger partial charge is 0.573 e. The van der Waals surface area contributed by atoms with Gasteiger partial charge in [-0.2, -0.15) is 0 Å². The van der Waals surface area contributed by atoms with Crippen LogP contribution in [0.15, 0.2) is 72.8 Å². The zero-order chi connectivity index (χ0) is 33.5. The number of rotatable bonds is 4. The Morgan fingerprint density at radius 3 is 1.67 bits per heavy atom. The first kappa shape index (κ1) is 38.1. The average Bonchev–Trinajstić information content (AvgIpc) is 3.36. The first-order valence-electron chi connectivity index (χ1n) is 12.0. The molecule has 0 saturated heterocycles. The molecule has 0 aliphatic carbocycles. The van der Waals surface area contributed by atoms with E-state index in [0.717, 1.165) is 12.1 Å². The second kappa shape index (κ2) is 16.0. The fourth-order valence-corrected chi connectivity index (χ4v) is 4.39. The molecule has 0 unspecified atom stereocenters. The molecule has 0 atom stereocenters. The standard InChI is InChI=1S/C14H7Cl2F3N2O.C8H5F3O2.C6H6Cl2N2.CH4/c15-8-5-10(16)12-11(6-8)20-13(21-12)7-1-3-9(4-2-7)22-14(17,18)19;9-8(10,11)13-7-3-1-6(5-12)2-4-7;7-3-1-4(8)6(10)5(9)2-3;/h1-6H,(H,20,21);1-5H;1-2H,9-10H2;1H4. The zero-order valence-electron chi connectivity index (χ0n) is 22.1. The van der Waals surface area contributed by atoms with Gasteiger partial charge in [-0.1, -0.05) is 53.8 Å². The fourth-order valence-electron chi connectivity index (χ4n) is 3.35. The minimum atomic E-state index is -4.72. The molecule has 1 aromatic heterocycles. The van der Waals surface area contributed by atoms with Gasteiger partial charge in [0, 0.05) is 21.2 Å². The van der Waals surface area contributed by atoms with Gasteiger partial charge < -0.3 is 25.9 Å². The van der Waals surface area contributed by atoms with Gasteiger partial charge in [0.05, 0.1) is 26.9 Å². The minimum Gasteiger partial charge on any atom is -0.406 e. The van der Waals surface area contributed by atoms with E-state index in [0.29, 0.717) is 65.7 Å². The lowest BCUT2D eigenvalue weighted by Gasteiger charge is -2.08. The van der Waals surface area contributed by atoms with Gasteiger partial charge in [0.15, 0.2) is 0 Å². The Kier molecular flexibility index (Phi) is 13.3. The number of aldehydes is 1. The number of carbonyl (C=O) groups excluding carboxylic acids is 1. The molecule has 0 aliphatic rings. The molecule has 0 bridgehead atoms. The molecule has 0 aliphatic heterocycles. The van der Waals surface area contributed by atoms with Gasteiger partial charge in [-0.15, -0.1) is 26.3 Å². The van der Waals surface area contributed by atoms with Gasteiger partial charge in [0.1, 0.15) is 29.1 Å². The average molecular weight is 730 g/mol. The van der Waals surface area contributed by atoms with E-state index in [4.69, 9.17) is 57.9 Å². The highest BCUT2D eigenvalue weighted by Gasteiger charge is 2.31. The number of halogens is 10. The van der Waals surface area contributed by atoms with E-state index < -0.39 is 12.7 Å². The van der Waals surface area contributed by atoms with E-state index in [2.05, 4.69) is 19.4 Å². The van der Waals surface area contributed by atoms with Crippen LogP contribution in [-0.4, -0.2) is 29.0 Å². The number of alkyl halides is 6. The van der Waals surface area contributed by atoms with Gasteiger partial charge >= 0.3 is 12.7 Å². The Labute approximate surface area is 277 Å². The third kappa shape index (κ3) is 11.7. The molecule has 1 heterocycles. The third-order valence-electron chi connectivity index (χ3n) is 5.24. The molecule has 4 aromatic carbocycles. The number of fused-ring (bicyclic) bond motifs is 1. The summed E-state index contributed by atoms with van der Waals surface area (Å²) in [6.45, 7) is 0. The van der Waals surface area contributed by atoms with Gasteiger partial charge in [-0.25, -0.2) is 4.98 Å². The van der Waals surface area contributed by atoms with Crippen LogP contribution in [0.2, 0.25) is 20.1 Å². The van der Waals surface area contributed by atoms with Crippen molar-refractivity contribution in [3.05, 3.63) is 98.5 Å². The summed E-state index contributed by atoms with van der Waals surface area (Å²) in [5.74, 6) is -0.163. The topological polar surface area (TPSA) is 116 Å². The van der Waals surface area contributed by atoms with E-state index in [1.165, 1.54) is 36.4 Å². The maximum absolute atomic E-state index is 12.1. The smallest absolute Gasteiger partial charge is 0.406 e. The summed E-state index contributed by atoms with van der Waals surface area (Å²) in [5.41, 5.74) is 13.7. The van der Waals surface area contributed by atoms with Crippen LogP contribution in [0.25, 0.3) is 22.4 Å². The van der Waals surface area contributed by atoms with E-state index in [1.54, 1.807) is 24.3 Å². The van der Waals surface area contributed by atoms with Crippen LogP contribution in [0.3, 0.4) is 0 Å². The number of carbonyl (C=O) groups is 1. The Morgan fingerprint density at radius 1 is 0.717 bits per heavy atom. The van der Waals surface area contributed by atoms with Crippen molar-refractivity contribution in [2.75, 3.05) is 11.5 Å². The van der Waals surface area contributed by atoms with Crippen molar-refractivity contribution < 1.29 is 40.6 Å². The lowest BCUT2D eigenvalue weighted by atomic mass is 10.2. The van der Waals surface area contributed by atoms with Crippen molar-refractivity contribution in [2.24, 2.45) is 0 Å². The third-order valence-corrected chi connectivity index (χ3v) is 6.28. The molecule has 17 heteroatoms. The maximum atomic E-state index is 12.1. The summed E-state index contributed by atoms with van der Waals surface area (Å²) >= 11 is 23.2. The van der Waals surface area contributed by atoms with E-state index >= 15 is 0 Å². The molecule has 5 N–H and O–H groups in total. The van der Waals surface area contributed by atoms with Crippen LogP contribution in [0.4, 0.5) is 37.7 Å². The van der Waals surface area contributed by atoms with Crippen molar-refractivity contribution in [2.45, 2.75) is 20.2 Å². The zero-order valence-corrected chi connectivity index (χ0v) is 25.1. The highest BCUT2D eigenvalue weighted by molar-refractivity contribution is 6.38. The van der Waals surface area contributed by atoms with Crippen LogP contribution in [0, 0.1) is 0 Å². The molecule has 5 rings (SSSR count). The molecule has 0 radical (unpaired) electrons. The molecule has 0 spiro atoms. The number of aromatic amines is 1. The number of ether oxygens (including phenoxy) is 2. The summed E-state index contributed by atoms with van der Waals surface area (Å²) in [4.78, 5) is 17.5. The molecule has 246 valence electrons. The van der Waals surface area contributed by atoms with Crippen molar-refractivity contribution in [3.8, 4) is 22.9 Å². The first-order valence-corrected chi connectivity index (χ1v) is 13.5. The summed E-state index contributed by atoms with van der Waals surface area (Å²) in [6.07, 6.45) is -8.87. The molecular formula is C29H22Cl4F6N4O3. The summed E-state index contributed by atoms with van der Waals surface area (Å²) in [6, 6.07) is 16.3. The number of H-pyrrole nitrogens is 1. The lowest BCUT2D eigenvalue weighted by Crippen LogP contribution is -2.17. The predicted octanol–water partition coefficient (Wildman–Crippen LogP) is 10.6. The second-order valence-corrected chi connectivity index (χ2v) is 10.3.